The lowest BCUT2D eigenvalue weighted by atomic mass is 10.2. The number of ether oxygens (including phenoxy) is 1. The second-order valence-corrected chi connectivity index (χ2v) is 5.89. The molecule has 0 spiro atoms. The molecule has 1 aliphatic heterocycles. The summed E-state index contributed by atoms with van der Waals surface area (Å²) in [6.07, 6.45) is 1.23. The van der Waals surface area contributed by atoms with Crippen LogP contribution in [0.1, 0.15) is 6.92 Å². The van der Waals surface area contributed by atoms with Crippen molar-refractivity contribution in [3.05, 3.63) is 29.3 Å². The van der Waals surface area contributed by atoms with Gasteiger partial charge < -0.3 is 14.5 Å². The Balaban J connectivity index is 1.85. The van der Waals surface area contributed by atoms with Gasteiger partial charge in [-0.15, -0.1) is 0 Å². The molecule has 1 aromatic rings. The van der Waals surface area contributed by atoms with Crippen LogP contribution >= 0.6 is 23.8 Å². The summed E-state index contributed by atoms with van der Waals surface area (Å²) in [5.41, 5.74) is 0. The molecule has 122 valence electrons. The number of piperazine rings is 1. The maximum absolute atomic E-state index is 12.4. The van der Waals surface area contributed by atoms with E-state index >= 15 is 0 Å². The van der Waals surface area contributed by atoms with Crippen molar-refractivity contribution in [2.75, 3.05) is 26.2 Å². The van der Waals surface area contributed by atoms with Crippen molar-refractivity contribution in [1.82, 2.24) is 15.1 Å². The zero-order valence-corrected chi connectivity index (χ0v) is 14.2. The van der Waals surface area contributed by atoms with Crippen LogP contribution in [-0.4, -0.2) is 53.1 Å². The van der Waals surface area contributed by atoms with Crippen molar-refractivity contribution in [3.8, 4) is 11.9 Å². The van der Waals surface area contributed by atoms with E-state index in [-0.39, 0.29) is 5.91 Å². The molecule has 0 unspecified atom stereocenters. The van der Waals surface area contributed by atoms with Gasteiger partial charge in [0.25, 0.3) is 5.91 Å². The number of carbonyl (C=O) groups is 1. The van der Waals surface area contributed by atoms with Crippen LogP contribution in [0.5, 0.6) is 5.75 Å². The summed E-state index contributed by atoms with van der Waals surface area (Å²) in [7, 11) is 0. The number of benzene rings is 1. The number of hydrogen-bond donors (Lipinski definition) is 1. The average molecular weight is 353 g/mol. The minimum atomic E-state index is -0.577. The molecule has 0 aromatic heterocycles. The largest absolute Gasteiger partial charge is 0.481 e. The number of nitrogens with one attached hydrogen (secondary N) is 1. The molecule has 1 heterocycles. The smallest absolute Gasteiger partial charge is 0.263 e. The first-order valence-corrected chi connectivity index (χ1v) is 7.95. The van der Waals surface area contributed by atoms with Crippen molar-refractivity contribution in [1.29, 1.82) is 5.26 Å². The van der Waals surface area contributed by atoms with Gasteiger partial charge in [-0.25, -0.2) is 0 Å². The van der Waals surface area contributed by atoms with Gasteiger partial charge in [-0.05, 0) is 43.4 Å². The molecule has 23 heavy (non-hydrogen) atoms. The zero-order valence-electron chi connectivity index (χ0n) is 12.7. The molecule has 1 N–H and O–H groups in total. The van der Waals surface area contributed by atoms with Crippen LogP contribution in [0.4, 0.5) is 0 Å². The van der Waals surface area contributed by atoms with E-state index in [0.717, 1.165) is 0 Å². The van der Waals surface area contributed by atoms with E-state index in [9.17, 15) is 4.79 Å². The Labute approximate surface area is 145 Å². The predicted octanol–water partition coefficient (Wildman–Crippen LogP) is 1.61. The molecule has 6 nitrogen and oxygen atoms in total. The van der Waals surface area contributed by atoms with Crippen molar-refractivity contribution in [2.45, 2.75) is 13.0 Å². The lowest BCUT2D eigenvalue weighted by Gasteiger charge is -2.36. The van der Waals surface area contributed by atoms with Gasteiger partial charge in [-0.1, -0.05) is 11.6 Å². The van der Waals surface area contributed by atoms with Crippen molar-refractivity contribution in [2.24, 2.45) is 0 Å². The van der Waals surface area contributed by atoms with Crippen LogP contribution in [0.3, 0.4) is 0 Å². The average Bonchev–Trinajstić information content (AvgIpc) is 2.56. The van der Waals surface area contributed by atoms with Crippen molar-refractivity contribution in [3.63, 3.8) is 0 Å². The fourth-order valence-electron chi connectivity index (χ4n) is 2.28. The van der Waals surface area contributed by atoms with Crippen LogP contribution in [0, 0.1) is 11.5 Å². The monoisotopic (exact) mass is 352 g/mol. The van der Waals surface area contributed by atoms with E-state index in [0.29, 0.717) is 42.1 Å². The molecule has 1 aliphatic rings. The molecule has 1 saturated heterocycles. The molecule has 1 aromatic carbocycles. The molecule has 0 aliphatic carbocycles. The van der Waals surface area contributed by atoms with Gasteiger partial charge in [0.1, 0.15) is 5.75 Å². The summed E-state index contributed by atoms with van der Waals surface area (Å²) in [4.78, 5) is 16.0. The zero-order chi connectivity index (χ0) is 16.8. The lowest BCUT2D eigenvalue weighted by molar-refractivity contribution is -0.139. The van der Waals surface area contributed by atoms with Crippen LogP contribution in [0.25, 0.3) is 0 Å². The summed E-state index contributed by atoms with van der Waals surface area (Å²) in [5.74, 6) is 0.534. The number of nitrogens with zero attached hydrogens (tertiary/aromatic N) is 3. The molecule has 1 atom stereocenters. The maximum Gasteiger partial charge on any atom is 0.263 e. The Morgan fingerprint density at radius 2 is 1.87 bits per heavy atom. The standard InChI is InChI=1S/C15H17ClN4O2S/c1-11(22-13-4-2-12(16)3-5-13)14(21)19-6-8-20(9-7-19)15(23)18-10-17/h2-5,11H,6-9H2,1H3,(H,18,23)/t11-/m0/s1. The third-order valence-corrected chi connectivity index (χ3v) is 4.13. The summed E-state index contributed by atoms with van der Waals surface area (Å²) in [6, 6.07) is 6.90. The Morgan fingerprint density at radius 1 is 1.30 bits per heavy atom. The number of amides is 1. The Morgan fingerprint density at radius 3 is 2.43 bits per heavy atom. The topological polar surface area (TPSA) is 68.6 Å². The second kappa shape index (κ2) is 7.99. The lowest BCUT2D eigenvalue weighted by Crippen LogP contribution is -2.54. The highest BCUT2D eigenvalue weighted by molar-refractivity contribution is 7.80. The summed E-state index contributed by atoms with van der Waals surface area (Å²) in [6.45, 7) is 3.99. The van der Waals surface area contributed by atoms with Gasteiger partial charge in [-0.3, -0.25) is 10.1 Å². The van der Waals surface area contributed by atoms with E-state index in [1.165, 1.54) is 0 Å². The third kappa shape index (κ3) is 4.71. The minimum absolute atomic E-state index is 0.0706. The van der Waals surface area contributed by atoms with Crippen LogP contribution in [0.15, 0.2) is 24.3 Å². The SMILES string of the molecule is C[C@H](Oc1ccc(Cl)cc1)C(=O)N1CCN(C(=S)NC#N)CC1. The van der Waals surface area contributed by atoms with E-state index in [4.69, 9.17) is 33.8 Å². The molecule has 0 saturated carbocycles. The molecule has 1 amide bonds. The van der Waals surface area contributed by atoms with Crippen LogP contribution in [-0.2, 0) is 4.79 Å². The fraction of sp³-hybridized carbons (Fsp3) is 0.400. The molecule has 8 heteroatoms. The number of rotatable bonds is 3. The van der Waals surface area contributed by atoms with Gasteiger partial charge in [0.15, 0.2) is 17.4 Å². The molecule has 2 rings (SSSR count). The Hall–Kier alpha value is -2.04. The number of carbonyl (C=O) groups excluding carboxylic acids is 1. The number of nitriles is 1. The van der Waals surface area contributed by atoms with Crippen LogP contribution in [0.2, 0.25) is 5.02 Å². The molecular formula is C15H17ClN4O2S. The first kappa shape index (κ1) is 17.3. The predicted molar refractivity (Wildman–Crippen MR) is 91.0 cm³/mol. The van der Waals surface area contributed by atoms with Gasteiger partial charge in [-0.2, -0.15) is 5.26 Å². The van der Waals surface area contributed by atoms with E-state index < -0.39 is 6.10 Å². The van der Waals surface area contributed by atoms with Crippen molar-refractivity contribution < 1.29 is 9.53 Å². The number of thiocarbonyl (C=S) groups is 1. The van der Waals surface area contributed by atoms with E-state index in [1.807, 2.05) is 4.90 Å². The Bertz CT molecular complexity index is 609. The van der Waals surface area contributed by atoms with E-state index in [1.54, 1.807) is 42.3 Å². The quantitative estimate of drug-likeness (QED) is 0.506. The van der Waals surface area contributed by atoms with Gasteiger partial charge in [0.2, 0.25) is 0 Å². The normalized spacial score (nSPS) is 15.5. The second-order valence-electron chi connectivity index (χ2n) is 5.07. The Kier molecular flexibility index (Phi) is 6.02. The fourth-order valence-corrected chi connectivity index (χ4v) is 2.64. The van der Waals surface area contributed by atoms with Crippen LogP contribution < -0.4 is 10.1 Å². The minimum Gasteiger partial charge on any atom is -0.481 e. The first-order valence-electron chi connectivity index (χ1n) is 7.16. The highest BCUT2D eigenvalue weighted by Crippen LogP contribution is 2.17. The van der Waals surface area contributed by atoms with Crippen molar-refractivity contribution >= 4 is 34.8 Å². The summed E-state index contributed by atoms with van der Waals surface area (Å²) < 4.78 is 5.65. The molecule has 1 fully saturated rings. The van der Waals surface area contributed by atoms with Gasteiger partial charge in [0.05, 0.1) is 0 Å². The molecule has 0 bridgehead atoms. The molecule has 0 radical (unpaired) electrons. The van der Waals surface area contributed by atoms with Gasteiger partial charge in [0, 0.05) is 31.2 Å². The maximum atomic E-state index is 12.4. The highest BCUT2D eigenvalue weighted by Gasteiger charge is 2.26. The first-order chi connectivity index (χ1) is 11.0. The highest BCUT2D eigenvalue weighted by atomic mass is 35.5. The molecular weight excluding hydrogens is 336 g/mol. The summed E-state index contributed by atoms with van der Waals surface area (Å²) in [5, 5.41) is 12.0. The number of hydrogen-bond acceptors (Lipinski definition) is 4. The number of halogens is 1. The van der Waals surface area contributed by atoms with E-state index in [2.05, 4.69) is 5.32 Å². The summed E-state index contributed by atoms with van der Waals surface area (Å²) >= 11 is 10.9. The van der Waals surface area contributed by atoms with Gasteiger partial charge >= 0.3 is 0 Å². The third-order valence-electron chi connectivity index (χ3n) is 3.52.